The highest BCUT2D eigenvalue weighted by atomic mass is 16.4. The average Bonchev–Trinajstić information content (AvgIpc) is 1.85. The minimum Gasteiger partial charge on any atom is -0.479 e. The summed E-state index contributed by atoms with van der Waals surface area (Å²) in [7, 11) is 0. The standard InChI is InChI=1S/C7H13NO4/c1-5(9)8-4-3-7(2,12)6(10)11/h12H,3-4H2,1-2H3,(H,8,9)(H,10,11). The number of nitrogens with one attached hydrogen (secondary N) is 1. The lowest BCUT2D eigenvalue weighted by molar-refractivity contribution is -0.157. The summed E-state index contributed by atoms with van der Waals surface area (Å²) in [5.74, 6) is -1.52. The minimum atomic E-state index is -1.76. The Morgan fingerprint density at radius 2 is 2.00 bits per heavy atom. The molecule has 0 rings (SSSR count). The molecule has 70 valence electrons. The third kappa shape index (κ3) is 3.92. The zero-order chi connectivity index (χ0) is 9.78. The fourth-order valence-corrected chi connectivity index (χ4v) is 0.589. The summed E-state index contributed by atoms with van der Waals surface area (Å²) in [5, 5.41) is 20.0. The number of carboxylic acids is 1. The quantitative estimate of drug-likeness (QED) is 0.529. The number of amides is 1. The fourth-order valence-electron chi connectivity index (χ4n) is 0.589. The van der Waals surface area contributed by atoms with Gasteiger partial charge in [-0.2, -0.15) is 0 Å². The Labute approximate surface area is 70.4 Å². The number of carbonyl (C=O) groups excluding carboxylic acids is 1. The first-order valence-electron chi connectivity index (χ1n) is 3.56. The molecule has 0 fully saturated rings. The van der Waals surface area contributed by atoms with Crippen LogP contribution in [0.3, 0.4) is 0 Å². The van der Waals surface area contributed by atoms with Gasteiger partial charge in [0.15, 0.2) is 5.60 Å². The van der Waals surface area contributed by atoms with Gasteiger partial charge in [-0.05, 0) is 6.92 Å². The Kier molecular flexibility index (Phi) is 3.69. The second kappa shape index (κ2) is 4.06. The SMILES string of the molecule is CC(=O)NCCC(C)(O)C(=O)O. The first-order valence-corrected chi connectivity index (χ1v) is 3.56. The number of aliphatic hydroxyl groups is 1. The molecule has 3 N–H and O–H groups in total. The van der Waals surface area contributed by atoms with Crippen molar-refractivity contribution < 1.29 is 19.8 Å². The summed E-state index contributed by atoms with van der Waals surface area (Å²) in [4.78, 5) is 20.7. The maximum Gasteiger partial charge on any atom is 0.335 e. The van der Waals surface area contributed by atoms with E-state index in [-0.39, 0.29) is 18.9 Å². The molecule has 0 aliphatic carbocycles. The molecule has 0 aromatic heterocycles. The lowest BCUT2D eigenvalue weighted by Gasteiger charge is -2.17. The normalized spacial score (nSPS) is 14.9. The molecule has 0 aliphatic heterocycles. The highest BCUT2D eigenvalue weighted by molar-refractivity contribution is 5.76. The van der Waals surface area contributed by atoms with Crippen molar-refractivity contribution in [2.24, 2.45) is 0 Å². The van der Waals surface area contributed by atoms with Gasteiger partial charge in [0, 0.05) is 19.9 Å². The maximum absolute atomic E-state index is 10.4. The molecule has 0 radical (unpaired) electrons. The topological polar surface area (TPSA) is 86.6 Å². The van der Waals surface area contributed by atoms with Crippen LogP contribution in [0, 0.1) is 0 Å². The third-order valence-corrected chi connectivity index (χ3v) is 1.45. The van der Waals surface area contributed by atoms with Crippen molar-refractivity contribution in [2.75, 3.05) is 6.54 Å². The molecule has 0 aromatic carbocycles. The number of carboxylic acid groups (broad SMARTS) is 1. The molecule has 5 nitrogen and oxygen atoms in total. The first kappa shape index (κ1) is 10.9. The summed E-state index contributed by atoms with van der Waals surface area (Å²) in [6, 6.07) is 0. The van der Waals surface area contributed by atoms with Crippen LogP contribution in [-0.2, 0) is 9.59 Å². The van der Waals surface area contributed by atoms with Crippen molar-refractivity contribution in [2.45, 2.75) is 25.9 Å². The van der Waals surface area contributed by atoms with E-state index < -0.39 is 11.6 Å². The molecule has 0 saturated carbocycles. The minimum absolute atomic E-state index is 0.00190. The zero-order valence-corrected chi connectivity index (χ0v) is 7.13. The summed E-state index contributed by atoms with van der Waals surface area (Å²) in [6.45, 7) is 2.68. The molecule has 12 heavy (non-hydrogen) atoms. The second-order valence-electron chi connectivity index (χ2n) is 2.81. The largest absolute Gasteiger partial charge is 0.479 e. The molecule has 1 amide bonds. The van der Waals surface area contributed by atoms with Crippen molar-refractivity contribution in [3.8, 4) is 0 Å². The third-order valence-electron chi connectivity index (χ3n) is 1.45. The molecule has 0 aromatic rings. The van der Waals surface area contributed by atoms with E-state index in [4.69, 9.17) is 10.2 Å². The van der Waals surface area contributed by atoms with Gasteiger partial charge in [-0.25, -0.2) is 4.79 Å². The first-order chi connectivity index (χ1) is 5.36. The Morgan fingerprint density at radius 3 is 2.33 bits per heavy atom. The van der Waals surface area contributed by atoms with E-state index in [1.807, 2.05) is 0 Å². The maximum atomic E-state index is 10.4. The summed E-state index contributed by atoms with van der Waals surface area (Å²) < 4.78 is 0. The van der Waals surface area contributed by atoms with Crippen molar-refractivity contribution in [1.82, 2.24) is 5.32 Å². The van der Waals surface area contributed by atoms with Crippen molar-refractivity contribution in [3.05, 3.63) is 0 Å². The molecule has 0 heterocycles. The number of carbonyl (C=O) groups is 2. The van der Waals surface area contributed by atoms with E-state index in [1.54, 1.807) is 0 Å². The van der Waals surface area contributed by atoms with Crippen molar-refractivity contribution in [1.29, 1.82) is 0 Å². The lowest BCUT2D eigenvalue weighted by atomic mass is 10.0. The highest BCUT2D eigenvalue weighted by Gasteiger charge is 2.28. The van der Waals surface area contributed by atoms with Gasteiger partial charge in [0.05, 0.1) is 0 Å². The van der Waals surface area contributed by atoms with Gasteiger partial charge < -0.3 is 15.5 Å². The van der Waals surface area contributed by atoms with E-state index in [2.05, 4.69) is 5.32 Å². The van der Waals surface area contributed by atoms with Gasteiger partial charge in [-0.1, -0.05) is 0 Å². The number of rotatable bonds is 4. The number of hydrogen-bond acceptors (Lipinski definition) is 3. The molecule has 1 atom stereocenters. The van der Waals surface area contributed by atoms with Crippen molar-refractivity contribution in [3.63, 3.8) is 0 Å². The lowest BCUT2D eigenvalue weighted by Crippen LogP contribution is -2.38. The Hall–Kier alpha value is -1.10. The van der Waals surface area contributed by atoms with Crippen LogP contribution in [-0.4, -0.2) is 34.2 Å². The van der Waals surface area contributed by atoms with Crippen LogP contribution in [0.15, 0.2) is 0 Å². The van der Waals surface area contributed by atoms with Crippen LogP contribution in [0.2, 0.25) is 0 Å². The molecule has 0 aliphatic rings. The Balaban J connectivity index is 3.76. The van der Waals surface area contributed by atoms with Crippen LogP contribution in [0.25, 0.3) is 0 Å². The second-order valence-corrected chi connectivity index (χ2v) is 2.81. The monoisotopic (exact) mass is 175 g/mol. The molecular formula is C7H13NO4. The summed E-state index contributed by atoms with van der Waals surface area (Å²) >= 11 is 0. The molecular weight excluding hydrogens is 162 g/mol. The van der Waals surface area contributed by atoms with Gasteiger partial charge in [0.25, 0.3) is 0 Å². The van der Waals surface area contributed by atoms with Crippen LogP contribution < -0.4 is 5.32 Å². The van der Waals surface area contributed by atoms with Crippen LogP contribution in [0.1, 0.15) is 20.3 Å². The van der Waals surface area contributed by atoms with Gasteiger partial charge in [-0.3, -0.25) is 4.79 Å². The molecule has 5 heteroatoms. The van der Waals surface area contributed by atoms with Crippen LogP contribution >= 0.6 is 0 Å². The predicted molar refractivity (Wildman–Crippen MR) is 41.6 cm³/mol. The van der Waals surface area contributed by atoms with Gasteiger partial charge in [-0.15, -0.1) is 0 Å². The van der Waals surface area contributed by atoms with E-state index in [9.17, 15) is 9.59 Å². The van der Waals surface area contributed by atoms with E-state index in [1.165, 1.54) is 13.8 Å². The molecule has 0 bridgehead atoms. The summed E-state index contributed by atoms with van der Waals surface area (Å²) in [6.07, 6.45) is 0.00190. The Morgan fingerprint density at radius 1 is 1.50 bits per heavy atom. The van der Waals surface area contributed by atoms with Gasteiger partial charge >= 0.3 is 5.97 Å². The van der Waals surface area contributed by atoms with Gasteiger partial charge in [0.1, 0.15) is 0 Å². The van der Waals surface area contributed by atoms with Crippen LogP contribution in [0.4, 0.5) is 0 Å². The van der Waals surface area contributed by atoms with Crippen LogP contribution in [0.5, 0.6) is 0 Å². The fraction of sp³-hybridized carbons (Fsp3) is 0.714. The predicted octanol–water partition coefficient (Wildman–Crippen LogP) is -0.652. The smallest absolute Gasteiger partial charge is 0.335 e. The van der Waals surface area contributed by atoms with E-state index >= 15 is 0 Å². The van der Waals surface area contributed by atoms with E-state index in [0.717, 1.165) is 0 Å². The van der Waals surface area contributed by atoms with E-state index in [0.29, 0.717) is 0 Å². The Bertz CT molecular complexity index is 188. The zero-order valence-electron chi connectivity index (χ0n) is 7.13. The number of aliphatic carboxylic acids is 1. The average molecular weight is 175 g/mol. The van der Waals surface area contributed by atoms with Crippen molar-refractivity contribution >= 4 is 11.9 Å². The molecule has 0 spiro atoms. The highest BCUT2D eigenvalue weighted by Crippen LogP contribution is 2.07. The summed E-state index contributed by atoms with van der Waals surface area (Å²) in [5.41, 5.74) is -1.76. The molecule has 0 saturated heterocycles. The molecule has 1 unspecified atom stereocenters. The number of hydrogen-bond donors (Lipinski definition) is 3. The van der Waals surface area contributed by atoms with Gasteiger partial charge in [0.2, 0.25) is 5.91 Å².